The Morgan fingerprint density at radius 2 is 1.83 bits per heavy atom. The van der Waals surface area contributed by atoms with Gasteiger partial charge in [-0.15, -0.1) is 0 Å². The Kier molecular flexibility index (Phi) is 6.05. The van der Waals surface area contributed by atoms with E-state index in [1.165, 1.54) is 28.8 Å². The van der Waals surface area contributed by atoms with Crippen molar-refractivity contribution in [3.63, 3.8) is 0 Å². The van der Waals surface area contributed by atoms with E-state index in [2.05, 4.69) is 36.6 Å². The molecule has 4 rings (SSSR count). The van der Waals surface area contributed by atoms with Gasteiger partial charge >= 0.3 is 0 Å². The molecule has 0 saturated heterocycles. The Morgan fingerprint density at radius 3 is 2.59 bits per heavy atom. The van der Waals surface area contributed by atoms with Gasteiger partial charge in [0.15, 0.2) is 0 Å². The second kappa shape index (κ2) is 8.87. The van der Waals surface area contributed by atoms with E-state index in [1.807, 2.05) is 42.2 Å². The minimum absolute atomic E-state index is 0.175. The van der Waals surface area contributed by atoms with Crippen LogP contribution in [0.1, 0.15) is 27.9 Å². The molecule has 0 fully saturated rings. The van der Waals surface area contributed by atoms with Crippen molar-refractivity contribution in [2.24, 2.45) is 4.99 Å². The summed E-state index contributed by atoms with van der Waals surface area (Å²) in [6.07, 6.45) is 2.01. The van der Waals surface area contributed by atoms with Crippen LogP contribution in [0.15, 0.2) is 65.8 Å². The van der Waals surface area contributed by atoms with Crippen LogP contribution in [0, 0.1) is 19.7 Å². The molecule has 2 aromatic carbocycles. The van der Waals surface area contributed by atoms with Crippen molar-refractivity contribution in [2.45, 2.75) is 32.2 Å². The molecule has 0 bridgehead atoms. The number of benzene rings is 2. The summed E-state index contributed by atoms with van der Waals surface area (Å²) in [5, 5.41) is 0. The maximum atomic E-state index is 13.1. The molecule has 1 unspecified atom stereocenters. The summed E-state index contributed by atoms with van der Waals surface area (Å²) < 4.78 is 21.1. The fourth-order valence-corrected chi connectivity index (χ4v) is 4.77. The molecule has 1 aromatic heterocycles. The van der Waals surface area contributed by atoms with E-state index < -0.39 is 0 Å². The quantitative estimate of drug-likeness (QED) is 0.525. The summed E-state index contributed by atoms with van der Waals surface area (Å²) in [4.78, 5) is 4.82. The van der Waals surface area contributed by atoms with Gasteiger partial charge in [0.2, 0.25) is 5.90 Å². The van der Waals surface area contributed by atoms with Gasteiger partial charge < -0.3 is 9.30 Å². The standard InChI is InChI=1S/C24H25FN2OS/c1-17-5-3-6-18(2)22(17)16-29-15-21-14-28-24(26-21)23-7-4-12-27(23)13-19-8-10-20(25)11-9-19/h3-12,21H,13-16H2,1-2H3. The fourth-order valence-electron chi connectivity index (χ4n) is 3.55. The monoisotopic (exact) mass is 408 g/mol. The third kappa shape index (κ3) is 4.73. The van der Waals surface area contributed by atoms with Gasteiger partial charge in [-0.3, -0.25) is 0 Å². The maximum absolute atomic E-state index is 13.1. The number of halogens is 1. The van der Waals surface area contributed by atoms with Gasteiger partial charge in [0.1, 0.15) is 18.1 Å². The normalized spacial score (nSPS) is 16.0. The highest BCUT2D eigenvalue weighted by Crippen LogP contribution is 2.23. The molecule has 150 valence electrons. The molecule has 0 aliphatic carbocycles. The summed E-state index contributed by atoms with van der Waals surface area (Å²) in [5.41, 5.74) is 6.14. The number of aryl methyl sites for hydroxylation is 2. The van der Waals surface area contributed by atoms with E-state index >= 15 is 0 Å². The van der Waals surface area contributed by atoms with E-state index in [4.69, 9.17) is 9.73 Å². The van der Waals surface area contributed by atoms with Gasteiger partial charge in [0.25, 0.3) is 0 Å². The van der Waals surface area contributed by atoms with E-state index in [-0.39, 0.29) is 11.9 Å². The number of aromatic nitrogens is 1. The molecular formula is C24H25FN2OS. The van der Waals surface area contributed by atoms with Gasteiger partial charge in [-0.1, -0.05) is 30.3 Å². The molecule has 0 radical (unpaired) electrons. The van der Waals surface area contributed by atoms with Crippen LogP contribution >= 0.6 is 11.8 Å². The van der Waals surface area contributed by atoms with Crippen LogP contribution in [0.3, 0.4) is 0 Å². The highest BCUT2D eigenvalue weighted by Gasteiger charge is 2.22. The van der Waals surface area contributed by atoms with Crippen LogP contribution in [-0.2, 0) is 17.0 Å². The van der Waals surface area contributed by atoms with Crippen LogP contribution in [0.2, 0.25) is 0 Å². The Bertz CT molecular complexity index is 990. The van der Waals surface area contributed by atoms with Gasteiger partial charge in [-0.2, -0.15) is 11.8 Å². The minimum atomic E-state index is -0.216. The number of rotatable bonds is 7. The first-order valence-electron chi connectivity index (χ1n) is 9.83. The molecule has 0 N–H and O–H groups in total. The number of hydrogen-bond acceptors (Lipinski definition) is 3. The van der Waals surface area contributed by atoms with Gasteiger partial charge in [-0.25, -0.2) is 9.38 Å². The number of thioether (sulfide) groups is 1. The lowest BCUT2D eigenvalue weighted by atomic mass is 10.1. The minimum Gasteiger partial charge on any atom is -0.474 e. The first kappa shape index (κ1) is 19.8. The number of aliphatic imine (C=N–C) groups is 1. The molecule has 5 heteroatoms. The topological polar surface area (TPSA) is 26.5 Å². The van der Waals surface area contributed by atoms with E-state index in [9.17, 15) is 4.39 Å². The third-order valence-electron chi connectivity index (χ3n) is 5.23. The Labute approximate surface area is 175 Å². The summed E-state index contributed by atoms with van der Waals surface area (Å²) in [6.45, 7) is 5.63. The molecular weight excluding hydrogens is 383 g/mol. The SMILES string of the molecule is Cc1cccc(C)c1CSCC1COC(c2cccn2Cc2ccc(F)cc2)=N1. The Morgan fingerprint density at radius 1 is 1.07 bits per heavy atom. The number of hydrogen-bond donors (Lipinski definition) is 0. The molecule has 0 saturated carbocycles. The molecule has 1 aliphatic rings. The van der Waals surface area contributed by atoms with Crippen molar-refractivity contribution in [1.29, 1.82) is 0 Å². The molecule has 3 nitrogen and oxygen atoms in total. The van der Waals surface area contributed by atoms with Gasteiger partial charge in [0, 0.05) is 24.2 Å². The van der Waals surface area contributed by atoms with Crippen LogP contribution < -0.4 is 0 Å². The summed E-state index contributed by atoms with van der Waals surface area (Å²) in [6, 6.07) is 17.3. The average Bonchev–Trinajstić information content (AvgIpc) is 3.35. The molecule has 0 amide bonds. The Hall–Kier alpha value is -2.53. The molecule has 3 aromatic rings. The van der Waals surface area contributed by atoms with Gasteiger partial charge in [0.05, 0.1) is 6.04 Å². The van der Waals surface area contributed by atoms with Crippen LogP contribution in [0.4, 0.5) is 4.39 Å². The second-order valence-electron chi connectivity index (χ2n) is 7.43. The summed E-state index contributed by atoms with van der Waals surface area (Å²) in [5.74, 6) is 2.43. The molecule has 2 heterocycles. The average molecular weight is 409 g/mol. The summed E-state index contributed by atoms with van der Waals surface area (Å²) in [7, 11) is 0. The van der Waals surface area contributed by atoms with Crippen LogP contribution in [-0.4, -0.2) is 28.9 Å². The lowest BCUT2D eigenvalue weighted by Gasteiger charge is -2.10. The fraction of sp³-hybridized carbons (Fsp3) is 0.292. The highest BCUT2D eigenvalue weighted by atomic mass is 32.2. The first-order chi connectivity index (χ1) is 14.1. The van der Waals surface area contributed by atoms with Crippen LogP contribution in [0.5, 0.6) is 0 Å². The third-order valence-corrected chi connectivity index (χ3v) is 6.34. The van der Waals surface area contributed by atoms with Crippen molar-refractivity contribution in [2.75, 3.05) is 12.4 Å². The molecule has 1 aliphatic heterocycles. The molecule has 29 heavy (non-hydrogen) atoms. The summed E-state index contributed by atoms with van der Waals surface area (Å²) >= 11 is 1.91. The number of nitrogens with zero attached hydrogens (tertiary/aromatic N) is 2. The maximum Gasteiger partial charge on any atom is 0.233 e. The van der Waals surface area contributed by atoms with Crippen molar-refractivity contribution in [1.82, 2.24) is 4.57 Å². The molecule has 0 spiro atoms. The largest absolute Gasteiger partial charge is 0.474 e. The smallest absolute Gasteiger partial charge is 0.233 e. The van der Waals surface area contributed by atoms with Crippen molar-refractivity contribution in [3.8, 4) is 0 Å². The van der Waals surface area contributed by atoms with E-state index in [1.54, 1.807) is 0 Å². The number of ether oxygens (including phenoxy) is 1. The first-order valence-corrected chi connectivity index (χ1v) is 11.0. The van der Waals surface area contributed by atoms with E-state index in [0.717, 1.165) is 22.8 Å². The lowest BCUT2D eigenvalue weighted by molar-refractivity contribution is 0.323. The zero-order chi connectivity index (χ0) is 20.2. The highest BCUT2D eigenvalue weighted by molar-refractivity contribution is 7.98. The zero-order valence-corrected chi connectivity index (χ0v) is 17.6. The zero-order valence-electron chi connectivity index (χ0n) is 16.8. The van der Waals surface area contributed by atoms with Crippen LogP contribution in [0.25, 0.3) is 0 Å². The predicted octanol–water partition coefficient (Wildman–Crippen LogP) is 5.37. The lowest BCUT2D eigenvalue weighted by Crippen LogP contribution is -2.11. The second-order valence-corrected chi connectivity index (χ2v) is 8.46. The van der Waals surface area contributed by atoms with Crippen molar-refractivity contribution in [3.05, 3.63) is 94.6 Å². The predicted molar refractivity (Wildman–Crippen MR) is 118 cm³/mol. The van der Waals surface area contributed by atoms with Crippen molar-refractivity contribution >= 4 is 17.7 Å². The Balaban J connectivity index is 1.38. The van der Waals surface area contributed by atoms with Gasteiger partial charge in [-0.05, 0) is 60.4 Å². The van der Waals surface area contributed by atoms with E-state index in [0.29, 0.717) is 19.0 Å². The molecule has 1 atom stereocenters. The van der Waals surface area contributed by atoms with Crippen molar-refractivity contribution < 1.29 is 9.13 Å².